The van der Waals surface area contributed by atoms with Gasteiger partial charge in [0.2, 0.25) is 5.91 Å². The number of rotatable bonds is 6. The second kappa shape index (κ2) is 8.80. The summed E-state index contributed by atoms with van der Waals surface area (Å²) in [4.78, 5) is 28.9. The molecule has 4 rings (SSSR count). The number of nitrogens with two attached hydrogens (primary N) is 1. The molecule has 0 saturated heterocycles. The largest absolute Gasteiger partial charge is 0.433 e. The molecule has 0 aromatic carbocycles. The Balaban J connectivity index is 1.95. The molecule has 0 aliphatic heterocycles. The molecule has 0 radical (unpaired) electrons. The highest BCUT2D eigenvalue weighted by Gasteiger charge is 2.35. The van der Waals surface area contributed by atoms with Crippen molar-refractivity contribution < 1.29 is 22.8 Å². The number of fused-ring (bicyclic) bond motifs is 1. The number of nitrogens with one attached hydrogen (secondary N) is 1. The zero-order chi connectivity index (χ0) is 25.7. The molecule has 0 bridgehead atoms. The lowest BCUT2D eigenvalue weighted by Crippen LogP contribution is -2.25. The van der Waals surface area contributed by atoms with E-state index >= 15 is 0 Å². The predicted molar refractivity (Wildman–Crippen MR) is 125 cm³/mol. The highest BCUT2D eigenvalue weighted by molar-refractivity contribution is 7.21. The number of carbonyl (C=O) groups is 2. The van der Waals surface area contributed by atoms with Crippen LogP contribution in [0.15, 0.2) is 24.7 Å². The summed E-state index contributed by atoms with van der Waals surface area (Å²) in [6, 6.07) is 0.134. The molecule has 3 N–H and O–H groups in total. The Morgan fingerprint density at radius 1 is 1.23 bits per heavy atom. The van der Waals surface area contributed by atoms with Gasteiger partial charge in [-0.05, 0) is 44.9 Å². The number of anilines is 1. The van der Waals surface area contributed by atoms with Gasteiger partial charge in [-0.25, -0.2) is 4.98 Å². The van der Waals surface area contributed by atoms with E-state index in [1.807, 2.05) is 13.8 Å². The lowest BCUT2D eigenvalue weighted by atomic mass is 10.0. The van der Waals surface area contributed by atoms with Gasteiger partial charge in [0.05, 0.1) is 17.6 Å². The third-order valence-electron chi connectivity index (χ3n) is 5.49. The van der Waals surface area contributed by atoms with Crippen molar-refractivity contribution in [3.63, 3.8) is 0 Å². The van der Waals surface area contributed by atoms with Crippen molar-refractivity contribution in [2.24, 2.45) is 5.73 Å². The van der Waals surface area contributed by atoms with Crippen LogP contribution in [-0.2, 0) is 17.5 Å². The van der Waals surface area contributed by atoms with Crippen LogP contribution >= 0.6 is 11.3 Å². The summed E-state index contributed by atoms with van der Waals surface area (Å²) in [6.07, 6.45) is 0.153. The number of aromatic nitrogens is 5. The van der Waals surface area contributed by atoms with Crippen molar-refractivity contribution in [2.75, 3.05) is 5.32 Å². The number of alkyl halides is 3. The zero-order valence-electron chi connectivity index (χ0n) is 19.3. The fraction of sp³-hybridized carbons (Fsp3) is 0.318. The first-order valence-electron chi connectivity index (χ1n) is 10.6. The van der Waals surface area contributed by atoms with Crippen LogP contribution < -0.4 is 11.1 Å². The number of pyridine rings is 1. The number of primary amides is 1. The Bertz CT molecular complexity index is 1450. The topological polar surface area (TPSA) is 121 Å². The van der Waals surface area contributed by atoms with Gasteiger partial charge in [0.25, 0.3) is 5.91 Å². The van der Waals surface area contributed by atoms with E-state index in [1.54, 1.807) is 37.1 Å². The van der Waals surface area contributed by atoms with Crippen LogP contribution in [0.25, 0.3) is 21.3 Å². The molecule has 4 aromatic rings. The molecular weight excluding hydrogens is 483 g/mol. The first-order valence-corrected chi connectivity index (χ1v) is 11.4. The molecule has 4 aromatic heterocycles. The summed E-state index contributed by atoms with van der Waals surface area (Å²) in [5.74, 6) is -1.42. The van der Waals surface area contributed by atoms with Gasteiger partial charge in [0.1, 0.15) is 21.4 Å². The first kappa shape index (κ1) is 24.4. The summed E-state index contributed by atoms with van der Waals surface area (Å²) >= 11 is 0.693. The van der Waals surface area contributed by atoms with Crippen LogP contribution in [0.5, 0.6) is 0 Å². The Hall–Kier alpha value is -3.74. The minimum absolute atomic E-state index is 0.0121. The van der Waals surface area contributed by atoms with Crippen molar-refractivity contribution in [2.45, 2.75) is 46.5 Å². The molecule has 0 fully saturated rings. The highest BCUT2D eigenvalue weighted by atomic mass is 32.1. The number of hydrogen-bond acceptors (Lipinski definition) is 6. The molecule has 184 valence electrons. The molecule has 1 atom stereocenters. The molecule has 13 heteroatoms. The first-order chi connectivity index (χ1) is 16.4. The van der Waals surface area contributed by atoms with E-state index in [0.29, 0.717) is 29.1 Å². The molecule has 0 spiro atoms. The van der Waals surface area contributed by atoms with E-state index in [9.17, 15) is 22.8 Å². The monoisotopic (exact) mass is 505 g/mol. The molecule has 0 aliphatic rings. The molecule has 2 amide bonds. The molecule has 0 saturated carbocycles. The van der Waals surface area contributed by atoms with Gasteiger partial charge in [-0.2, -0.15) is 23.4 Å². The van der Waals surface area contributed by atoms with Gasteiger partial charge in [0.15, 0.2) is 0 Å². The van der Waals surface area contributed by atoms with Crippen LogP contribution in [0, 0.1) is 13.8 Å². The van der Waals surface area contributed by atoms with E-state index in [1.165, 1.54) is 4.68 Å². The second-order valence-electron chi connectivity index (χ2n) is 8.05. The normalized spacial score (nSPS) is 12.8. The number of aryl methyl sites for hydroxylation is 3. The van der Waals surface area contributed by atoms with Gasteiger partial charge in [0, 0.05) is 29.9 Å². The third kappa shape index (κ3) is 4.50. The molecule has 4 heterocycles. The smallest absolute Gasteiger partial charge is 0.365 e. The fourth-order valence-corrected chi connectivity index (χ4v) is 4.69. The van der Waals surface area contributed by atoms with Crippen molar-refractivity contribution in [3.05, 3.63) is 46.5 Å². The molecule has 35 heavy (non-hydrogen) atoms. The molecule has 0 aliphatic carbocycles. The number of halogens is 3. The quantitative estimate of drug-likeness (QED) is 0.405. The van der Waals surface area contributed by atoms with Crippen molar-refractivity contribution >= 4 is 39.1 Å². The minimum Gasteiger partial charge on any atom is -0.365 e. The Kier molecular flexibility index (Phi) is 6.13. The minimum atomic E-state index is -4.73. The summed E-state index contributed by atoms with van der Waals surface area (Å²) in [5, 5.41) is 11.3. The summed E-state index contributed by atoms with van der Waals surface area (Å²) < 4.78 is 44.1. The fourth-order valence-electron chi connectivity index (χ4n) is 3.69. The van der Waals surface area contributed by atoms with Crippen molar-refractivity contribution in [1.82, 2.24) is 24.5 Å². The summed E-state index contributed by atoms with van der Waals surface area (Å²) in [7, 11) is 0. The predicted octanol–water partition coefficient (Wildman–Crippen LogP) is 4.31. The molecular formula is C22H22F3N7O2S. The molecule has 1 unspecified atom stereocenters. The number of hydrogen-bond donors (Lipinski definition) is 2. The summed E-state index contributed by atoms with van der Waals surface area (Å²) in [5.41, 5.74) is 6.33. The number of nitrogens with zero attached hydrogens (tertiary/aromatic N) is 5. The maximum atomic E-state index is 13.7. The average molecular weight is 506 g/mol. The molecule has 9 nitrogen and oxygen atoms in total. The van der Waals surface area contributed by atoms with Crippen LogP contribution in [-0.4, -0.2) is 36.4 Å². The van der Waals surface area contributed by atoms with Crippen molar-refractivity contribution in [1.29, 1.82) is 0 Å². The Labute approximate surface area is 201 Å². The maximum Gasteiger partial charge on any atom is 0.433 e. The van der Waals surface area contributed by atoms with Crippen LogP contribution in [0.4, 0.5) is 18.9 Å². The second-order valence-corrected chi connectivity index (χ2v) is 9.05. The lowest BCUT2D eigenvalue weighted by Gasteiger charge is -2.15. The van der Waals surface area contributed by atoms with E-state index in [4.69, 9.17) is 5.73 Å². The van der Waals surface area contributed by atoms with E-state index in [0.717, 1.165) is 11.6 Å². The zero-order valence-corrected chi connectivity index (χ0v) is 20.1. The third-order valence-corrected chi connectivity index (χ3v) is 6.59. The number of thiophene rings is 1. The average Bonchev–Trinajstić information content (AvgIpc) is 3.48. The van der Waals surface area contributed by atoms with Crippen LogP contribution in [0.2, 0.25) is 0 Å². The summed E-state index contributed by atoms with van der Waals surface area (Å²) in [6.45, 7) is 7.45. The Morgan fingerprint density at radius 2 is 1.94 bits per heavy atom. The number of carbonyl (C=O) groups excluding carboxylic acids is 2. The van der Waals surface area contributed by atoms with E-state index < -0.39 is 29.7 Å². The van der Waals surface area contributed by atoms with Gasteiger partial charge in [-0.1, -0.05) is 0 Å². The highest BCUT2D eigenvalue weighted by Crippen LogP contribution is 2.44. The SMILES string of the molecule is CCn1cc(-c2cc(C(F)(F)F)nc3sc(C(N)=O)c(NC(=O)C(C)n4cc(C)cn4)c23)c(C)n1. The van der Waals surface area contributed by atoms with Crippen LogP contribution in [0.1, 0.15) is 46.5 Å². The van der Waals surface area contributed by atoms with Gasteiger partial charge >= 0.3 is 6.18 Å². The van der Waals surface area contributed by atoms with E-state index in [2.05, 4.69) is 20.5 Å². The maximum absolute atomic E-state index is 13.7. The lowest BCUT2D eigenvalue weighted by molar-refractivity contribution is -0.140. The Morgan fingerprint density at radius 3 is 2.49 bits per heavy atom. The van der Waals surface area contributed by atoms with Gasteiger partial charge in [-0.3, -0.25) is 19.0 Å². The van der Waals surface area contributed by atoms with Crippen molar-refractivity contribution in [3.8, 4) is 11.1 Å². The standard InChI is InChI=1S/C22H22F3N7O2S/c1-5-31-9-14(11(3)30-31)13-6-15(22(23,24)25)28-21-16(13)17(18(35-21)19(26)33)29-20(34)12(4)32-8-10(2)7-27-32/h6-9,12H,5H2,1-4H3,(H2,26,33)(H,29,34). The number of amides is 2. The van der Waals surface area contributed by atoms with E-state index in [-0.39, 0.29) is 26.3 Å². The van der Waals surface area contributed by atoms with Gasteiger partial charge < -0.3 is 11.1 Å². The van der Waals surface area contributed by atoms with Gasteiger partial charge in [-0.15, -0.1) is 11.3 Å². The van der Waals surface area contributed by atoms with Crippen LogP contribution in [0.3, 0.4) is 0 Å².